The van der Waals surface area contributed by atoms with Crippen LogP contribution in [0.1, 0.15) is 32.9 Å². The van der Waals surface area contributed by atoms with Crippen molar-refractivity contribution < 1.29 is 22.2 Å². The normalized spacial score (nSPS) is 37.9. The van der Waals surface area contributed by atoms with Gasteiger partial charge in [-0.3, -0.25) is 4.90 Å². The van der Waals surface area contributed by atoms with Gasteiger partial charge < -0.3 is 14.6 Å². The number of epoxide rings is 1. The number of nitrogens with zero attached hydrogens (tertiary/aromatic N) is 1. The predicted octanol–water partition coefficient (Wildman–Crippen LogP) is 3.33. The number of hydrogen-bond acceptors (Lipinski definition) is 7. The lowest BCUT2D eigenvalue weighted by molar-refractivity contribution is -0.171. The number of morpholine rings is 1. The number of rotatable bonds is 4. The number of piperidine rings is 2. The summed E-state index contributed by atoms with van der Waals surface area (Å²) in [4.78, 5) is 16.7. The maximum absolute atomic E-state index is 13.1. The Morgan fingerprint density at radius 2 is 1.96 bits per heavy atom. The molecule has 2 aromatic heterocycles. The lowest BCUT2D eigenvalue weighted by Gasteiger charge is -2.36. The van der Waals surface area contributed by atoms with Gasteiger partial charge in [0.25, 0.3) is 0 Å². The molecular formula is C20H27NO4S2. The van der Waals surface area contributed by atoms with E-state index in [9.17, 15) is 9.90 Å². The van der Waals surface area contributed by atoms with Crippen molar-refractivity contribution in [3.8, 4) is 0 Å². The van der Waals surface area contributed by atoms with Gasteiger partial charge in [-0.15, -0.1) is 22.7 Å². The van der Waals surface area contributed by atoms with Crippen LogP contribution in [0.4, 0.5) is 0 Å². The Labute approximate surface area is 169 Å². The fraction of sp³-hybridized carbons (Fsp3) is 0.550. The van der Waals surface area contributed by atoms with Crippen LogP contribution in [0.5, 0.6) is 0 Å². The molecule has 148 valence electrons. The summed E-state index contributed by atoms with van der Waals surface area (Å²) in [7, 11) is 2.14. The van der Waals surface area contributed by atoms with Crippen molar-refractivity contribution in [2.24, 2.45) is 5.92 Å². The number of fused-ring (bicyclic) bond motifs is 1. The van der Waals surface area contributed by atoms with E-state index in [0.717, 1.165) is 6.42 Å². The highest BCUT2D eigenvalue weighted by molar-refractivity contribution is 7.12. The standard InChI is InChI=1S/C18H17NO4S2.C2H6.2H2/c1-19-9-8-10(13-14(19)18(13)15(9)23-18)22-16(20)17(21,11-4-2-6-24-11)12-5-3-7-25-12;1-2;;/h2-7,9-10,13-15,21H,8H2,1H3;1-2H3;2*1H/t9?,10-,13?,14?,15?,18-;;;/m1.../s1. The molecule has 27 heavy (non-hydrogen) atoms. The molecule has 0 aromatic carbocycles. The van der Waals surface area contributed by atoms with Crippen molar-refractivity contribution in [1.29, 1.82) is 0 Å². The quantitative estimate of drug-likeness (QED) is 0.620. The minimum Gasteiger partial charge on any atom is -0.459 e. The van der Waals surface area contributed by atoms with Crippen molar-refractivity contribution in [3.63, 3.8) is 0 Å². The first-order valence-electron chi connectivity index (χ1n) is 9.49. The monoisotopic (exact) mass is 409 g/mol. The summed E-state index contributed by atoms with van der Waals surface area (Å²) >= 11 is 2.74. The fourth-order valence-electron chi connectivity index (χ4n) is 5.26. The van der Waals surface area contributed by atoms with Gasteiger partial charge in [0, 0.05) is 21.2 Å². The Morgan fingerprint density at radius 3 is 2.41 bits per heavy atom. The van der Waals surface area contributed by atoms with Crippen molar-refractivity contribution >= 4 is 28.6 Å². The van der Waals surface area contributed by atoms with Crippen molar-refractivity contribution in [2.45, 2.75) is 55.8 Å². The van der Waals surface area contributed by atoms with Gasteiger partial charge >= 0.3 is 5.97 Å². The van der Waals surface area contributed by atoms with Crippen LogP contribution in [0.3, 0.4) is 0 Å². The summed E-state index contributed by atoms with van der Waals surface area (Å²) in [5, 5.41) is 15.1. The van der Waals surface area contributed by atoms with Gasteiger partial charge in [0.2, 0.25) is 5.60 Å². The zero-order chi connectivity index (χ0) is 19.0. The Balaban J connectivity index is 0.000000584. The smallest absolute Gasteiger partial charge is 0.349 e. The molecule has 7 heteroatoms. The molecule has 3 saturated heterocycles. The van der Waals surface area contributed by atoms with E-state index in [4.69, 9.17) is 9.47 Å². The number of thiophene rings is 2. The van der Waals surface area contributed by atoms with Gasteiger partial charge in [-0.05, 0) is 29.9 Å². The SMILES string of the molecule is CC.CN1C2C[C@@H](OC(=O)C(O)(c3cccs3)c3cccs3)C3C1[C@]31OC21.[HH].[HH]. The molecule has 5 nitrogen and oxygen atoms in total. The number of hydrogen-bond donors (Lipinski definition) is 1. The third kappa shape index (κ3) is 2.12. The fourth-order valence-corrected chi connectivity index (χ4v) is 6.97. The second-order valence-electron chi connectivity index (χ2n) is 7.44. The van der Waals surface area contributed by atoms with Crippen molar-refractivity contribution in [1.82, 2.24) is 4.90 Å². The van der Waals surface area contributed by atoms with Crippen LogP contribution in [-0.2, 0) is 19.9 Å². The van der Waals surface area contributed by atoms with Crippen LogP contribution in [0.25, 0.3) is 0 Å². The molecule has 1 N–H and O–H groups in total. The van der Waals surface area contributed by atoms with Crippen molar-refractivity contribution in [2.75, 3.05) is 7.05 Å². The Kier molecular flexibility index (Phi) is 3.88. The molecule has 5 aliphatic rings. The predicted molar refractivity (Wildman–Crippen MR) is 108 cm³/mol. The summed E-state index contributed by atoms with van der Waals surface area (Å²) in [6.45, 7) is 4.00. The van der Waals surface area contributed by atoms with E-state index in [-0.39, 0.29) is 20.5 Å². The molecule has 0 amide bonds. The molecule has 0 radical (unpaired) electrons. The molecule has 7 rings (SSSR count). The molecule has 1 spiro atoms. The largest absolute Gasteiger partial charge is 0.459 e. The highest BCUT2D eigenvalue weighted by atomic mass is 32.1. The summed E-state index contributed by atoms with van der Waals surface area (Å²) in [5.74, 6) is -0.307. The molecule has 4 bridgehead atoms. The first-order valence-corrected chi connectivity index (χ1v) is 11.3. The maximum atomic E-state index is 13.1. The first kappa shape index (κ1) is 17.8. The molecule has 2 aromatic rings. The van der Waals surface area contributed by atoms with E-state index >= 15 is 0 Å². The van der Waals surface area contributed by atoms with E-state index in [1.165, 1.54) is 22.7 Å². The van der Waals surface area contributed by atoms with Crippen LogP contribution in [0.15, 0.2) is 35.0 Å². The van der Waals surface area contributed by atoms with Crippen LogP contribution in [-0.4, -0.2) is 52.9 Å². The van der Waals surface area contributed by atoms with E-state index in [1.54, 1.807) is 12.1 Å². The molecular weight excluding hydrogens is 382 g/mol. The Hall–Kier alpha value is -1.25. The average Bonchev–Trinajstić information content (AvgIpc) is 3.29. The van der Waals surface area contributed by atoms with Crippen LogP contribution in [0.2, 0.25) is 0 Å². The highest BCUT2D eigenvalue weighted by Crippen LogP contribution is 2.75. The molecule has 5 heterocycles. The maximum Gasteiger partial charge on any atom is 0.349 e. The molecule has 5 fully saturated rings. The second-order valence-corrected chi connectivity index (χ2v) is 9.34. The average molecular weight is 410 g/mol. The molecule has 4 unspecified atom stereocenters. The zero-order valence-electron chi connectivity index (χ0n) is 15.5. The number of ether oxygens (including phenoxy) is 2. The number of esters is 1. The van der Waals surface area contributed by atoms with E-state index in [2.05, 4.69) is 11.9 Å². The highest BCUT2D eigenvalue weighted by Gasteiger charge is 2.93. The molecule has 3 aliphatic heterocycles. The molecule has 6 atom stereocenters. The zero-order valence-corrected chi connectivity index (χ0v) is 17.1. The van der Waals surface area contributed by atoms with Crippen LogP contribution >= 0.6 is 22.7 Å². The van der Waals surface area contributed by atoms with E-state index < -0.39 is 11.6 Å². The second kappa shape index (κ2) is 5.87. The van der Waals surface area contributed by atoms with Gasteiger partial charge in [-0.1, -0.05) is 26.0 Å². The van der Waals surface area contributed by atoms with Gasteiger partial charge in [-0.2, -0.15) is 0 Å². The van der Waals surface area contributed by atoms with E-state index in [1.807, 2.05) is 36.7 Å². The number of likely N-dealkylation sites (N-methyl/N-ethyl adjacent to an activating group) is 1. The molecule has 2 aliphatic carbocycles. The number of carbonyl (C=O) groups is 1. The van der Waals surface area contributed by atoms with Gasteiger partial charge in [-0.25, -0.2) is 4.79 Å². The third-order valence-corrected chi connectivity index (χ3v) is 8.39. The third-order valence-electron chi connectivity index (χ3n) is 6.43. The molecule has 2 saturated carbocycles. The van der Waals surface area contributed by atoms with Gasteiger partial charge in [0.15, 0.2) is 0 Å². The minimum absolute atomic E-state index is 0. The number of aliphatic hydroxyl groups is 1. The van der Waals surface area contributed by atoms with E-state index in [0.29, 0.717) is 27.9 Å². The van der Waals surface area contributed by atoms with Crippen LogP contribution < -0.4 is 0 Å². The topological polar surface area (TPSA) is 62.3 Å². The Morgan fingerprint density at radius 1 is 1.33 bits per heavy atom. The summed E-state index contributed by atoms with van der Waals surface area (Å²) in [6, 6.07) is 7.98. The lowest BCUT2D eigenvalue weighted by atomic mass is 9.91. The summed E-state index contributed by atoms with van der Waals surface area (Å²) in [5.41, 5.74) is -1.77. The Bertz CT molecular complexity index is 824. The summed E-state index contributed by atoms with van der Waals surface area (Å²) < 4.78 is 11.8. The van der Waals surface area contributed by atoms with Gasteiger partial charge in [0.05, 0.1) is 15.8 Å². The lowest BCUT2D eigenvalue weighted by Crippen LogP contribution is -2.48. The number of carbonyl (C=O) groups excluding carboxylic acids is 1. The minimum atomic E-state index is -1.72. The van der Waals surface area contributed by atoms with Crippen molar-refractivity contribution in [3.05, 3.63) is 44.8 Å². The van der Waals surface area contributed by atoms with Gasteiger partial charge in [0.1, 0.15) is 17.8 Å². The first-order chi connectivity index (χ1) is 13.1. The van der Waals surface area contributed by atoms with Crippen LogP contribution in [0, 0.1) is 5.92 Å². The summed E-state index contributed by atoms with van der Waals surface area (Å²) in [6.07, 6.45) is 0.959.